The van der Waals surface area contributed by atoms with Crippen molar-refractivity contribution in [1.82, 2.24) is 15.5 Å². The summed E-state index contributed by atoms with van der Waals surface area (Å²) >= 11 is 0. The number of aromatic amines is 1. The molecule has 1 fully saturated rings. The van der Waals surface area contributed by atoms with Crippen LogP contribution in [0.25, 0.3) is 10.9 Å². The summed E-state index contributed by atoms with van der Waals surface area (Å²) < 4.78 is 0. The highest BCUT2D eigenvalue weighted by molar-refractivity contribution is 6.05. The van der Waals surface area contributed by atoms with Crippen molar-refractivity contribution in [2.75, 3.05) is 6.61 Å². The number of amides is 1. The number of fused-ring (bicyclic) bond motifs is 1. The third-order valence-corrected chi connectivity index (χ3v) is 3.22. The molecular weight excluding hydrogens is 218 g/mol. The van der Waals surface area contributed by atoms with Gasteiger partial charge in [-0.2, -0.15) is 5.10 Å². The second-order valence-corrected chi connectivity index (χ2v) is 4.51. The quantitative estimate of drug-likeness (QED) is 0.731. The third kappa shape index (κ3) is 1.68. The maximum absolute atomic E-state index is 12.0. The number of nitrogens with one attached hydrogen (secondary N) is 2. The molecule has 0 aliphatic heterocycles. The van der Waals surface area contributed by atoms with Crippen molar-refractivity contribution in [2.45, 2.75) is 18.4 Å². The summed E-state index contributed by atoms with van der Waals surface area (Å²) in [7, 11) is 0. The molecule has 5 heteroatoms. The van der Waals surface area contributed by atoms with Gasteiger partial charge in [-0.1, -0.05) is 18.2 Å². The number of H-pyrrole nitrogens is 1. The summed E-state index contributed by atoms with van der Waals surface area (Å²) in [6.07, 6.45) is 1.66. The number of nitrogens with zero attached hydrogens (tertiary/aromatic N) is 1. The lowest BCUT2D eigenvalue weighted by Crippen LogP contribution is -2.39. The summed E-state index contributed by atoms with van der Waals surface area (Å²) in [4.78, 5) is 12.0. The Morgan fingerprint density at radius 1 is 1.47 bits per heavy atom. The minimum absolute atomic E-state index is 0.0128. The molecule has 3 N–H and O–H groups in total. The van der Waals surface area contributed by atoms with E-state index in [1.807, 2.05) is 24.3 Å². The Kier molecular flexibility index (Phi) is 2.16. The lowest BCUT2D eigenvalue weighted by atomic mass is 10.2. The number of carbonyl (C=O) groups is 1. The van der Waals surface area contributed by atoms with Crippen LogP contribution in [0.4, 0.5) is 0 Å². The van der Waals surface area contributed by atoms with E-state index >= 15 is 0 Å². The Morgan fingerprint density at radius 2 is 2.24 bits per heavy atom. The summed E-state index contributed by atoms with van der Waals surface area (Å²) in [5, 5.41) is 19.7. The Hall–Kier alpha value is -1.88. The summed E-state index contributed by atoms with van der Waals surface area (Å²) in [6, 6.07) is 7.48. The Morgan fingerprint density at radius 3 is 2.94 bits per heavy atom. The van der Waals surface area contributed by atoms with Crippen molar-refractivity contribution < 1.29 is 9.90 Å². The molecule has 1 amide bonds. The van der Waals surface area contributed by atoms with Crippen LogP contribution in [0.3, 0.4) is 0 Å². The fourth-order valence-electron chi connectivity index (χ4n) is 1.91. The molecule has 1 aliphatic carbocycles. The second-order valence-electron chi connectivity index (χ2n) is 4.51. The Labute approximate surface area is 97.8 Å². The van der Waals surface area contributed by atoms with Crippen LogP contribution >= 0.6 is 0 Å². The molecule has 1 heterocycles. The highest BCUT2D eigenvalue weighted by Gasteiger charge is 2.43. The maximum atomic E-state index is 12.0. The fourth-order valence-corrected chi connectivity index (χ4v) is 1.91. The SMILES string of the molecule is O=C(NC1(CO)CC1)c1n[nH]c2ccccc12. The molecule has 1 aliphatic rings. The van der Waals surface area contributed by atoms with Gasteiger partial charge >= 0.3 is 0 Å². The van der Waals surface area contributed by atoms with Crippen molar-refractivity contribution in [1.29, 1.82) is 0 Å². The molecule has 17 heavy (non-hydrogen) atoms. The molecule has 3 rings (SSSR count). The number of aromatic nitrogens is 2. The number of benzene rings is 1. The van der Waals surface area contributed by atoms with Gasteiger partial charge in [0.1, 0.15) is 0 Å². The third-order valence-electron chi connectivity index (χ3n) is 3.22. The summed E-state index contributed by atoms with van der Waals surface area (Å²) in [5.74, 6) is -0.228. The van der Waals surface area contributed by atoms with Crippen LogP contribution in [0, 0.1) is 0 Å². The van der Waals surface area contributed by atoms with Crippen molar-refractivity contribution in [2.24, 2.45) is 0 Å². The molecule has 0 atom stereocenters. The maximum Gasteiger partial charge on any atom is 0.272 e. The average molecular weight is 231 g/mol. The van der Waals surface area contributed by atoms with Crippen LogP contribution in [0.1, 0.15) is 23.3 Å². The van der Waals surface area contributed by atoms with Crippen molar-refractivity contribution in [3.63, 3.8) is 0 Å². The summed E-state index contributed by atoms with van der Waals surface area (Å²) in [5.41, 5.74) is 0.823. The highest BCUT2D eigenvalue weighted by atomic mass is 16.3. The average Bonchev–Trinajstić information content (AvgIpc) is 2.99. The number of aliphatic hydroxyl groups is 1. The fraction of sp³-hybridized carbons (Fsp3) is 0.333. The molecule has 1 saturated carbocycles. The predicted octanol–water partition coefficient (Wildman–Crippen LogP) is 0.818. The number of para-hydroxylation sites is 1. The predicted molar refractivity (Wildman–Crippen MR) is 62.6 cm³/mol. The lowest BCUT2D eigenvalue weighted by molar-refractivity contribution is 0.0903. The Bertz CT molecular complexity index is 572. The zero-order chi connectivity index (χ0) is 11.9. The van der Waals surface area contributed by atoms with Crippen LogP contribution in [-0.2, 0) is 0 Å². The van der Waals surface area contributed by atoms with Gasteiger partial charge in [0.2, 0.25) is 0 Å². The van der Waals surface area contributed by atoms with Gasteiger partial charge in [0.05, 0.1) is 17.7 Å². The minimum Gasteiger partial charge on any atom is -0.394 e. The first-order valence-electron chi connectivity index (χ1n) is 5.61. The molecule has 0 unspecified atom stereocenters. The van der Waals surface area contributed by atoms with E-state index in [1.165, 1.54) is 0 Å². The van der Waals surface area contributed by atoms with Gasteiger partial charge in [0, 0.05) is 5.39 Å². The van der Waals surface area contributed by atoms with Crippen LogP contribution in [0.15, 0.2) is 24.3 Å². The molecule has 2 aromatic rings. The van der Waals surface area contributed by atoms with E-state index in [0.29, 0.717) is 5.69 Å². The smallest absolute Gasteiger partial charge is 0.272 e. The van der Waals surface area contributed by atoms with Crippen LogP contribution in [0.5, 0.6) is 0 Å². The van der Waals surface area contributed by atoms with Gasteiger partial charge in [-0.25, -0.2) is 0 Å². The lowest BCUT2D eigenvalue weighted by Gasteiger charge is -2.12. The second kappa shape index (κ2) is 3.56. The zero-order valence-corrected chi connectivity index (χ0v) is 9.23. The minimum atomic E-state index is -0.406. The van der Waals surface area contributed by atoms with E-state index in [1.54, 1.807) is 0 Å². The van der Waals surface area contributed by atoms with E-state index in [2.05, 4.69) is 15.5 Å². The molecule has 1 aromatic carbocycles. The number of aliphatic hydroxyl groups excluding tert-OH is 1. The highest BCUT2D eigenvalue weighted by Crippen LogP contribution is 2.35. The molecule has 0 bridgehead atoms. The van der Waals surface area contributed by atoms with Crippen LogP contribution in [0.2, 0.25) is 0 Å². The van der Waals surface area contributed by atoms with Gasteiger partial charge in [0.25, 0.3) is 5.91 Å². The summed E-state index contributed by atoms with van der Waals surface area (Å²) in [6.45, 7) is -0.0128. The number of hydrogen-bond acceptors (Lipinski definition) is 3. The normalized spacial score (nSPS) is 17.0. The van der Waals surface area contributed by atoms with Crippen molar-refractivity contribution >= 4 is 16.8 Å². The van der Waals surface area contributed by atoms with Crippen LogP contribution < -0.4 is 5.32 Å². The van der Waals surface area contributed by atoms with Crippen molar-refractivity contribution in [3.8, 4) is 0 Å². The monoisotopic (exact) mass is 231 g/mol. The number of carbonyl (C=O) groups excluding carboxylic acids is 1. The first-order chi connectivity index (χ1) is 8.24. The van der Waals surface area contributed by atoms with Crippen LogP contribution in [-0.4, -0.2) is 33.4 Å². The van der Waals surface area contributed by atoms with Gasteiger partial charge in [-0.3, -0.25) is 9.89 Å². The largest absolute Gasteiger partial charge is 0.394 e. The van der Waals surface area contributed by atoms with E-state index in [9.17, 15) is 9.90 Å². The Balaban J connectivity index is 1.91. The van der Waals surface area contributed by atoms with Crippen molar-refractivity contribution in [3.05, 3.63) is 30.0 Å². The van der Waals surface area contributed by atoms with E-state index < -0.39 is 5.54 Å². The van der Waals surface area contributed by atoms with Gasteiger partial charge in [0.15, 0.2) is 5.69 Å². The van der Waals surface area contributed by atoms with E-state index in [-0.39, 0.29) is 12.5 Å². The molecule has 0 radical (unpaired) electrons. The van der Waals surface area contributed by atoms with E-state index in [0.717, 1.165) is 23.7 Å². The zero-order valence-electron chi connectivity index (χ0n) is 9.23. The first kappa shape index (κ1) is 10.3. The first-order valence-corrected chi connectivity index (χ1v) is 5.61. The topological polar surface area (TPSA) is 78.0 Å². The molecular formula is C12H13N3O2. The van der Waals surface area contributed by atoms with Gasteiger partial charge in [-0.15, -0.1) is 0 Å². The molecule has 1 aromatic heterocycles. The standard InChI is InChI=1S/C12H13N3O2/c16-7-12(5-6-12)13-11(17)10-8-3-1-2-4-9(8)14-15-10/h1-4,16H,5-7H2,(H,13,17)(H,14,15). The van der Waals surface area contributed by atoms with Gasteiger partial charge in [-0.05, 0) is 18.9 Å². The molecule has 5 nitrogen and oxygen atoms in total. The number of hydrogen-bond donors (Lipinski definition) is 3. The molecule has 88 valence electrons. The van der Waals surface area contributed by atoms with Gasteiger partial charge < -0.3 is 10.4 Å². The molecule has 0 saturated heterocycles. The van der Waals surface area contributed by atoms with E-state index in [4.69, 9.17) is 0 Å². The molecule has 0 spiro atoms. The number of rotatable bonds is 3.